The maximum Gasteiger partial charge on any atom is 0.291 e. The van der Waals surface area contributed by atoms with Gasteiger partial charge in [0.1, 0.15) is 0 Å². The number of carbonyl (C=O) groups is 2. The lowest BCUT2D eigenvalue weighted by molar-refractivity contribution is -0.126. The molecule has 2 amide bonds. The van der Waals surface area contributed by atoms with Crippen molar-refractivity contribution in [1.29, 1.82) is 0 Å². The molecule has 124 valence electrons. The number of hydrogen-bond acceptors (Lipinski definition) is 4. The van der Waals surface area contributed by atoms with Crippen molar-refractivity contribution in [1.82, 2.24) is 4.90 Å². The van der Waals surface area contributed by atoms with Crippen LogP contribution in [-0.4, -0.2) is 21.4 Å². The Balaban J connectivity index is 1.72. The molecule has 2 aromatic carbocycles. The zero-order valence-corrected chi connectivity index (χ0v) is 15.8. The number of hydrogen-bond donors (Lipinski definition) is 1. The van der Waals surface area contributed by atoms with Crippen LogP contribution in [0.2, 0.25) is 0 Å². The van der Waals surface area contributed by atoms with E-state index in [0.29, 0.717) is 6.54 Å². The predicted octanol–water partition coefficient (Wildman–Crippen LogP) is 4.70. The standard InChI is InChI=1S/C18H17BrN2O2S/c1-11-3-8-15(12(2)9-11)20-16-17(22)21(18(23)24-16)10-13-4-6-14(19)7-5-13/h3-9,16,20H,10H2,1-2H3/t16-/m0/s1. The van der Waals surface area contributed by atoms with Crippen molar-refractivity contribution < 1.29 is 9.59 Å². The molecular weight excluding hydrogens is 388 g/mol. The van der Waals surface area contributed by atoms with Crippen molar-refractivity contribution in [3.63, 3.8) is 0 Å². The largest absolute Gasteiger partial charge is 0.365 e. The summed E-state index contributed by atoms with van der Waals surface area (Å²) in [5.41, 5.74) is 4.02. The molecule has 1 N–H and O–H groups in total. The smallest absolute Gasteiger partial charge is 0.291 e. The molecule has 0 saturated carbocycles. The topological polar surface area (TPSA) is 49.4 Å². The summed E-state index contributed by atoms with van der Waals surface area (Å²) in [7, 11) is 0. The number of thioether (sulfide) groups is 1. The highest BCUT2D eigenvalue weighted by atomic mass is 79.9. The van der Waals surface area contributed by atoms with Crippen LogP contribution in [0, 0.1) is 13.8 Å². The fourth-order valence-corrected chi connectivity index (χ4v) is 3.73. The molecule has 1 aliphatic heterocycles. The second-order valence-corrected chi connectivity index (χ2v) is 7.75. The van der Waals surface area contributed by atoms with Gasteiger partial charge >= 0.3 is 0 Å². The SMILES string of the molecule is Cc1ccc(N[C@H]2SC(=O)N(Cc3ccc(Br)cc3)C2=O)c(C)c1. The van der Waals surface area contributed by atoms with Crippen LogP contribution in [0.1, 0.15) is 16.7 Å². The fraction of sp³-hybridized carbons (Fsp3) is 0.222. The second kappa shape index (κ2) is 6.99. The highest BCUT2D eigenvalue weighted by molar-refractivity contribution is 9.10. The summed E-state index contributed by atoms with van der Waals surface area (Å²) < 4.78 is 0.967. The molecule has 1 fully saturated rings. The number of anilines is 1. The predicted molar refractivity (Wildman–Crippen MR) is 101 cm³/mol. The van der Waals surface area contributed by atoms with Crippen molar-refractivity contribution in [3.8, 4) is 0 Å². The summed E-state index contributed by atoms with van der Waals surface area (Å²) in [5.74, 6) is -0.201. The Labute approximate surface area is 153 Å². The molecule has 1 heterocycles. The van der Waals surface area contributed by atoms with E-state index in [9.17, 15) is 9.59 Å². The molecule has 0 radical (unpaired) electrons. The molecule has 4 nitrogen and oxygen atoms in total. The molecule has 1 aliphatic rings. The van der Waals surface area contributed by atoms with Crippen molar-refractivity contribution >= 4 is 44.5 Å². The lowest BCUT2D eigenvalue weighted by Gasteiger charge is -2.16. The minimum atomic E-state index is -0.575. The molecule has 0 unspecified atom stereocenters. The molecule has 6 heteroatoms. The van der Waals surface area contributed by atoms with Crippen LogP contribution >= 0.6 is 27.7 Å². The van der Waals surface area contributed by atoms with Crippen LogP contribution in [0.5, 0.6) is 0 Å². The van der Waals surface area contributed by atoms with Gasteiger partial charge in [-0.05, 0) is 54.9 Å². The van der Waals surface area contributed by atoms with Crippen LogP contribution in [0.15, 0.2) is 46.9 Å². The van der Waals surface area contributed by atoms with Crippen molar-refractivity contribution in [2.24, 2.45) is 0 Å². The summed E-state index contributed by atoms with van der Waals surface area (Å²) in [4.78, 5) is 26.1. The molecule has 0 bridgehead atoms. The Morgan fingerprint density at radius 1 is 1.12 bits per heavy atom. The first-order chi connectivity index (χ1) is 11.4. The van der Waals surface area contributed by atoms with Gasteiger partial charge in [0.15, 0.2) is 5.37 Å². The van der Waals surface area contributed by atoms with E-state index in [0.717, 1.165) is 38.6 Å². The summed E-state index contributed by atoms with van der Waals surface area (Å²) in [5, 5.41) is 2.39. The zero-order valence-electron chi connectivity index (χ0n) is 13.4. The fourth-order valence-electron chi connectivity index (χ4n) is 2.57. The van der Waals surface area contributed by atoms with Gasteiger partial charge in [0, 0.05) is 10.2 Å². The van der Waals surface area contributed by atoms with Gasteiger partial charge < -0.3 is 5.32 Å². The van der Waals surface area contributed by atoms with E-state index in [1.807, 2.05) is 56.3 Å². The highest BCUT2D eigenvalue weighted by Gasteiger charge is 2.39. The van der Waals surface area contributed by atoms with Gasteiger partial charge in [-0.2, -0.15) is 0 Å². The van der Waals surface area contributed by atoms with Crippen LogP contribution in [-0.2, 0) is 11.3 Å². The van der Waals surface area contributed by atoms with Gasteiger partial charge in [-0.25, -0.2) is 0 Å². The lowest BCUT2D eigenvalue weighted by Crippen LogP contribution is -2.34. The van der Waals surface area contributed by atoms with E-state index < -0.39 is 5.37 Å². The summed E-state index contributed by atoms with van der Waals surface area (Å²) in [6.45, 7) is 4.31. The van der Waals surface area contributed by atoms with E-state index in [1.54, 1.807) is 0 Å². The molecule has 1 saturated heterocycles. The Hall–Kier alpha value is -1.79. The average Bonchev–Trinajstić information content (AvgIpc) is 2.80. The van der Waals surface area contributed by atoms with E-state index in [4.69, 9.17) is 0 Å². The van der Waals surface area contributed by atoms with Crippen LogP contribution < -0.4 is 5.32 Å². The Kier molecular flexibility index (Phi) is 4.96. The van der Waals surface area contributed by atoms with Gasteiger partial charge in [-0.3, -0.25) is 14.5 Å². The quantitative estimate of drug-likeness (QED) is 0.801. The van der Waals surface area contributed by atoms with Crippen molar-refractivity contribution in [2.45, 2.75) is 25.8 Å². The lowest BCUT2D eigenvalue weighted by atomic mass is 10.1. The number of amides is 2. The number of aryl methyl sites for hydroxylation is 2. The van der Waals surface area contributed by atoms with E-state index in [2.05, 4.69) is 21.2 Å². The van der Waals surface area contributed by atoms with Gasteiger partial charge in [-0.15, -0.1) is 0 Å². The number of nitrogens with one attached hydrogen (secondary N) is 1. The molecule has 0 aliphatic carbocycles. The molecule has 0 spiro atoms. The van der Waals surface area contributed by atoms with Crippen LogP contribution in [0.3, 0.4) is 0 Å². The zero-order chi connectivity index (χ0) is 17.3. The molecule has 24 heavy (non-hydrogen) atoms. The average molecular weight is 405 g/mol. The minimum Gasteiger partial charge on any atom is -0.365 e. The number of halogens is 1. The van der Waals surface area contributed by atoms with Gasteiger partial charge in [0.05, 0.1) is 6.54 Å². The third-order valence-electron chi connectivity index (χ3n) is 3.85. The van der Waals surface area contributed by atoms with E-state index in [1.165, 1.54) is 4.90 Å². The molecule has 0 aromatic heterocycles. The third-order valence-corrected chi connectivity index (χ3v) is 5.36. The molecule has 3 rings (SSSR count). The molecular formula is C18H17BrN2O2S. The number of nitrogens with zero attached hydrogens (tertiary/aromatic N) is 1. The number of benzene rings is 2. The van der Waals surface area contributed by atoms with Crippen molar-refractivity contribution in [3.05, 3.63) is 63.6 Å². The molecule has 1 atom stereocenters. The highest BCUT2D eigenvalue weighted by Crippen LogP contribution is 2.30. The summed E-state index contributed by atoms with van der Waals surface area (Å²) >= 11 is 4.41. The Bertz CT molecular complexity index is 792. The van der Waals surface area contributed by atoms with Crippen LogP contribution in [0.4, 0.5) is 10.5 Å². The third kappa shape index (κ3) is 3.65. The maximum absolute atomic E-state index is 12.6. The number of imide groups is 1. The Morgan fingerprint density at radius 3 is 2.50 bits per heavy atom. The first kappa shape index (κ1) is 17.0. The van der Waals surface area contributed by atoms with E-state index in [-0.39, 0.29) is 11.1 Å². The minimum absolute atomic E-state index is 0.201. The number of carbonyl (C=O) groups excluding carboxylic acids is 2. The van der Waals surface area contributed by atoms with E-state index >= 15 is 0 Å². The Morgan fingerprint density at radius 2 is 1.83 bits per heavy atom. The van der Waals surface area contributed by atoms with Crippen molar-refractivity contribution in [2.75, 3.05) is 5.32 Å². The monoisotopic (exact) mass is 404 g/mol. The number of rotatable bonds is 4. The summed E-state index contributed by atoms with van der Waals surface area (Å²) in [6, 6.07) is 13.6. The first-order valence-corrected chi connectivity index (χ1v) is 9.21. The molecule has 2 aromatic rings. The maximum atomic E-state index is 12.6. The second-order valence-electron chi connectivity index (χ2n) is 5.78. The summed E-state index contributed by atoms with van der Waals surface area (Å²) in [6.07, 6.45) is 0. The van der Waals surface area contributed by atoms with Gasteiger partial charge in [-0.1, -0.05) is 45.8 Å². The van der Waals surface area contributed by atoms with Crippen LogP contribution in [0.25, 0.3) is 0 Å². The van der Waals surface area contributed by atoms with Gasteiger partial charge in [0.2, 0.25) is 0 Å². The normalized spacial score (nSPS) is 17.5. The van der Waals surface area contributed by atoms with Gasteiger partial charge in [0.25, 0.3) is 11.1 Å². The first-order valence-electron chi connectivity index (χ1n) is 7.54.